The van der Waals surface area contributed by atoms with Crippen LogP contribution in [0.15, 0.2) is 36.4 Å². The molecule has 47 heavy (non-hydrogen) atoms. The molecule has 2 saturated heterocycles. The second-order valence-corrected chi connectivity index (χ2v) is 15.6. The first kappa shape index (κ1) is 34.5. The standard InChI is InChI=1S/C34H48N6O6S/c1-34(2,3)26-19-27(31(45-6)28(20-26)36-47(7,43)44)35-33(42)46-29-18-23-10-8-11-24(30(23)38(29)5)22-39-13-9-14-40(17-16-39)32(41)25-12-15-37(4)21-25/h8,10-11,18-20,25,36H,9,12-17,21-22H2,1-7H3,(H,35,42)/t25-/m1/s1. The predicted octanol–water partition coefficient (Wildman–Crippen LogP) is 4.45. The summed E-state index contributed by atoms with van der Waals surface area (Å²) >= 11 is 0. The molecule has 0 spiro atoms. The summed E-state index contributed by atoms with van der Waals surface area (Å²) in [7, 11) is 1.74. The van der Waals surface area contributed by atoms with Crippen molar-refractivity contribution in [2.24, 2.45) is 13.0 Å². The number of likely N-dealkylation sites (tertiary alicyclic amines) is 1. The van der Waals surface area contributed by atoms with Gasteiger partial charge < -0.3 is 23.8 Å². The van der Waals surface area contributed by atoms with Gasteiger partial charge in [-0.3, -0.25) is 19.7 Å². The number of sulfonamides is 1. The molecule has 256 valence electrons. The van der Waals surface area contributed by atoms with Crippen molar-refractivity contribution in [2.45, 2.75) is 45.6 Å². The Labute approximate surface area is 278 Å². The fourth-order valence-corrected chi connectivity index (χ4v) is 7.12. The molecule has 0 radical (unpaired) electrons. The molecule has 5 rings (SSSR count). The molecular formula is C34H48N6O6S. The summed E-state index contributed by atoms with van der Waals surface area (Å²) in [4.78, 5) is 33.1. The van der Waals surface area contributed by atoms with E-state index in [1.165, 1.54) is 7.11 Å². The number of para-hydroxylation sites is 1. The van der Waals surface area contributed by atoms with Gasteiger partial charge in [0.1, 0.15) is 0 Å². The second kappa shape index (κ2) is 13.7. The number of anilines is 2. The van der Waals surface area contributed by atoms with Crippen LogP contribution in [-0.2, 0) is 33.8 Å². The molecule has 3 aromatic rings. The van der Waals surface area contributed by atoms with E-state index in [-0.39, 0.29) is 34.4 Å². The molecular weight excluding hydrogens is 620 g/mol. The van der Waals surface area contributed by atoms with Crippen molar-refractivity contribution in [2.75, 3.05) is 69.7 Å². The highest BCUT2D eigenvalue weighted by atomic mass is 32.2. The van der Waals surface area contributed by atoms with E-state index in [9.17, 15) is 18.0 Å². The first-order valence-corrected chi connectivity index (χ1v) is 18.0. The Kier molecular flexibility index (Phi) is 10.1. The Morgan fingerprint density at radius 1 is 1.00 bits per heavy atom. The summed E-state index contributed by atoms with van der Waals surface area (Å²) in [5.41, 5.74) is 3.02. The normalized spacial score (nSPS) is 18.3. The number of benzene rings is 2. The molecule has 13 heteroatoms. The zero-order chi connectivity index (χ0) is 34.1. The summed E-state index contributed by atoms with van der Waals surface area (Å²) in [6.07, 6.45) is 2.18. The third kappa shape index (κ3) is 8.20. The summed E-state index contributed by atoms with van der Waals surface area (Å²) in [6.45, 7) is 11.7. The van der Waals surface area contributed by atoms with E-state index in [0.29, 0.717) is 12.4 Å². The highest BCUT2D eigenvalue weighted by Gasteiger charge is 2.31. The van der Waals surface area contributed by atoms with Crippen molar-refractivity contribution in [1.29, 1.82) is 0 Å². The summed E-state index contributed by atoms with van der Waals surface area (Å²) in [5.74, 6) is 0.924. The molecule has 2 aliphatic heterocycles. The van der Waals surface area contributed by atoms with Gasteiger partial charge in [-0.25, -0.2) is 13.2 Å². The molecule has 0 bridgehead atoms. The fraction of sp³-hybridized carbons (Fsp3) is 0.529. The Morgan fingerprint density at radius 2 is 1.74 bits per heavy atom. The number of amides is 2. The molecule has 1 atom stereocenters. The average Bonchev–Trinajstić information content (AvgIpc) is 3.46. The van der Waals surface area contributed by atoms with Crippen LogP contribution in [0.2, 0.25) is 0 Å². The van der Waals surface area contributed by atoms with Crippen molar-refractivity contribution in [3.05, 3.63) is 47.5 Å². The van der Waals surface area contributed by atoms with Crippen molar-refractivity contribution in [3.63, 3.8) is 0 Å². The lowest BCUT2D eigenvalue weighted by molar-refractivity contribution is -0.135. The number of nitrogens with one attached hydrogen (secondary N) is 2. The van der Waals surface area contributed by atoms with Gasteiger partial charge >= 0.3 is 6.09 Å². The lowest BCUT2D eigenvalue weighted by atomic mass is 9.86. The molecule has 2 aromatic carbocycles. The molecule has 3 heterocycles. The number of nitrogens with zero attached hydrogens (tertiary/aromatic N) is 4. The van der Waals surface area contributed by atoms with Crippen LogP contribution in [0, 0.1) is 5.92 Å². The summed E-state index contributed by atoms with van der Waals surface area (Å²) < 4.78 is 39.9. The molecule has 2 N–H and O–H groups in total. The number of aromatic nitrogens is 1. The first-order valence-electron chi connectivity index (χ1n) is 16.1. The highest BCUT2D eigenvalue weighted by molar-refractivity contribution is 7.92. The maximum absolute atomic E-state index is 13.3. The van der Waals surface area contributed by atoms with E-state index < -0.39 is 16.1 Å². The fourth-order valence-electron chi connectivity index (χ4n) is 6.57. The van der Waals surface area contributed by atoms with Gasteiger partial charge in [0.2, 0.25) is 21.8 Å². The molecule has 0 saturated carbocycles. The number of fused-ring (bicyclic) bond motifs is 1. The molecule has 0 unspecified atom stereocenters. The van der Waals surface area contributed by atoms with Crippen LogP contribution in [-0.4, -0.2) is 99.4 Å². The minimum atomic E-state index is -3.61. The Bertz CT molecular complexity index is 1750. The third-order valence-corrected chi connectivity index (χ3v) is 9.61. The molecule has 2 aliphatic rings. The van der Waals surface area contributed by atoms with E-state index in [4.69, 9.17) is 9.47 Å². The third-order valence-electron chi connectivity index (χ3n) is 9.02. The van der Waals surface area contributed by atoms with Crippen LogP contribution in [0.3, 0.4) is 0 Å². The minimum absolute atomic E-state index is 0.106. The Balaban J connectivity index is 1.32. The number of rotatable bonds is 8. The highest BCUT2D eigenvalue weighted by Crippen LogP contribution is 2.39. The maximum atomic E-state index is 13.3. The molecule has 1 aromatic heterocycles. The van der Waals surface area contributed by atoms with Crippen molar-refractivity contribution in [3.8, 4) is 11.6 Å². The van der Waals surface area contributed by atoms with Gasteiger partial charge in [0.05, 0.1) is 36.2 Å². The van der Waals surface area contributed by atoms with E-state index >= 15 is 0 Å². The molecule has 2 fully saturated rings. The van der Waals surface area contributed by atoms with Gasteiger partial charge in [-0.15, -0.1) is 0 Å². The van der Waals surface area contributed by atoms with Crippen LogP contribution in [0.5, 0.6) is 11.6 Å². The van der Waals surface area contributed by atoms with E-state index in [1.807, 2.05) is 55.5 Å². The van der Waals surface area contributed by atoms with Crippen LogP contribution in [0.4, 0.5) is 16.2 Å². The van der Waals surface area contributed by atoms with E-state index in [0.717, 1.165) is 80.4 Å². The van der Waals surface area contributed by atoms with Gasteiger partial charge in [0.15, 0.2) is 5.75 Å². The predicted molar refractivity (Wildman–Crippen MR) is 185 cm³/mol. The van der Waals surface area contributed by atoms with Crippen LogP contribution in [0.25, 0.3) is 10.9 Å². The lowest BCUT2D eigenvalue weighted by Crippen LogP contribution is -2.39. The molecule has 2 amide bonds. The number of ether oxygens (including phenoxy) is 2. The molecule has 12 nitrogen and oxygen atoms in total. The monoisotopic (exact) mass is 668 g/mol. The minimum Gasteiger partial charge on any atom is -0.492 e. The number of methoxy groups -OCH3 is 1. The molecule has 0 aliphatic carbocycles. The topological polar surface area (TPSA) is 125 Å². The second-order valence-electron chi connectivity index (χ2n) is 13.8. The number of carbonyl (C=O) groups excluding carboxylic acids is 2. The SMILES string of the molecule is COc1c(NC(=O)Oc2cc3cccc(CN4CCCN(C(=O)[C@@H]5CCN(C)C5)CC4)c3n2C)cc(C(C)(C)C)cc1NS(C)(=O)=O. The maximum Gasteiger partial charge on any atom is 0.418 e. The van der Waals surface area contributed by atoms with Gasteiger partial charge in [-0.05, 0) is 55.1 Å². The summed E-state index contributed by atoms with van der Waals surface area (Å²) in [6, 6.07) is 11.4. The largest absolute Gasteiger partial charge is 0.492 e. The quantitative estimate of drug-likeness (QED) is 0.361. The Morgan fingerprint density at radius 3 is 2.40 bits per heavy atom. The number of aryl methyl sites for hydroxylation is 1. The van der Waals surface area contributed by atoms with Crippen LogP contribution in [0.1, 0.15) is 44.7 Å². The van der Waals surface area contributed by atoms with Crippen LogP contribution < -0.4 is 19.5 Å². The average molecular weight is 669 g/mol. The van der Waals surface area contributed by atoms with Crippen molar-refractivity contribution < 1.29 is 27.5 Å². The van der Waals surface area contributed by atoms with Crippen LogP contribution >= 0.6 is 0 Å². The lowest BCUT2D eigenvalue weighted by Gasteiger charge is -2.25. The summed E-state index contributed by atoms with van der Waals surface area (Å²) in [5, 5.41) is 3.71. The van der Waals surface area contributed by atoms with Gasteiger partial charge in [-0.1, -0.05) is 39.0 Å². The zero-order valence-corrected chi connectivity index (χ0v) is 29.4. The van der Waals surface area contributed by atoms with Gasteiger partial charge in [0, 0.05) is 57.8 Å². The first-order chi connectivity index (χ1) is 22.1. The number of hydrogen-bond donors (Lipinski definition) is 2. The number of hydrogen-bond acceptors (Lipinski definition) is 8. The van der Waals surface area contributed by atoms with Gasteiger partial charge in [-0.2, -0.15) is 0 Å². The van der Waals surface area contributed by atoms with E-state index in [2.05, 4.69) is 33.0 Å². The van der Waals surface area contributed by atoms with Crippen molar-refractivity contribution >= 4 is 44.3 Å². The van der Waals surface area contributed by atoms with Crippen molar-refractivity contribution in [1.82, 2.24) is 19.3 Å². The van der Waals surface area contributed by atoms with E-state index in [1.54, 1.807) is 12.1 Å². The zero-order valence-electron chi connectivity index (χ0n) is 28.6. The van der Waals surface area contributed by atoms with Gasteiger partial charge in [0.25, 0.3) is 0 Å². The Hall–Kier alpha value is -3.81. The number of carbonyl (C=O) groups is 2. The smallest absolute Gasteiger partial charge is 0.418 e.